The summed E-state index contributed by atoms with van der Waals surface area (Å²) in [5.41, 5.74) is 0. The van der Waals surface area contributed by atoms with Gasteiger partial charge in [-0.15, -0.1) is 11.8 Å². The number of carbonyl (C=O) groups excluding carboxylic acids is 3. The second kappa shape index (κ2) is 7.69. The number of thioether (sulfide) groups is 1. The fourth-order valence-corrected chi connectivity index (χ4v) is 3.95. The molecule has 0 bridgehead atoms. The Kier molecular flexibility index (Phi) is 5.36. The molecule has 0 unspecified atom stereocenters. The maximum Gasteiger partial charge on any atom is 0.336 e. The standard InChI is InChI=1S/C17H18N2O6S/c1-23-11-9-26-16-13(15(21)19(16)14(11)17(22)24-2)18-12(20)8-25-10-6-4-3-5-7-10/h3-7,9,13-14,16H,8H2,1-2H3,(H,18,20)/t13-,14-,16-/m1/s1. The van der Waals surface area contributed by atoms with Crippen LogP contribution in [0.15, 0.2) is 41.5 Å². The van der Waals surface area contributed by atoms with Crippen molar-refractivity contribution >= 4 is 29.5 Å². The molecule has 3 rings (SSSR count). The van der Waals surface area contributed by atoms with E-state index in [1.54, 1.807) is 29.7 Å². The van der Waals surface area contributed by atoms with Crippen LogP contribution in [0, 0.1) is 0 Å². The van der Waals surface area contributed by atoms with E-state index in [1.807, 2.05) is 6.07 Å². The zero-order valence-corrected chi connectivity index (χ0v) is 15.0. The van der Waals surface area contributed by atoms with E-state index < -0.39 is 29.3 Å². The van der Waals surface area contributed by atoms with Gasteiger partial charge in [-0.05, 0) is 12.1 Å². The van der Waals surface area contributed by atoms with Crippen LogP contribution in [0.2, 0.25) is 0 Å². The van der Waals surface area contributed by atoms with Gasteiger partial charge in [0.1, 0.15) is 22.9 Å². The number of esters is 1. The summed E-state index contributed by atoms with van der Waals surface area (Å²) in [6.07, 6.45) is 0. The highest BCUT2D eigenvalue weighted by Gasteiger charge is 2.56. The highest BCUT2D eigenvalue weighted by molar-refractivity contribution is 8.02. The number of ether oxygens (including phenoxy) is 3. The molecule has 2 amide bonds. The zero-order chi connectivity index (χ0) is 18.7. The first kappa shape index (κ1) is 18.1. The van der Waals surface area contributed by atoms with Gasteiger partial charge in [0, 0.05) is 5.41 Å². The lowest BCUT2D eigenvalue weighted by Gasteiger charge is -2.50. The van der Waals surface area contributed by atoms with Gasteiger partial charge in [0.25, 0.3) is 5.91 Å². The third kappa shape index (κ3) is 3.34. The van der Waals surface area contributed by atoms with Gasteiger partial charge in [-0.2, -0.15) is 0 Å². The third-order valence-electron chi connectivity index (χ3n) is 4.04. The minimum atomic E-state index is -0.933. The van der Waals surface area contributed by atoms with Crippen LogP contribution in [0.5, 0.6) is 5.75 Å². The molecule has 1 N–H and O–H groups in total. The van der Waals surface area contributed by atoms with Crippen molar-refractivity contribution < 1.29 is 28.6 Å². The molecule has 0 saturated carbocycles. The van der Waals surface area contributed by atoms with Crippen LogP contribution in [0.1, 0.15) is 0 Å². The molecule has 3 atom stereocenters. The molecule has 1 saturated heterocycles. The van der Waals surface area contributed by atoms with Crippen LogP contribution in [0.25, 0.3) is 0 Å². The minimum absolute atomic E-state index is 0.204. The van der Waals surface area contributed by atoms with E-state index in [4.69, 9.17) is 14.2 Å². The van der Waals surface area contributed by atoms with E-state index in [9.17, 15) is 14.4 Å². The molecule has 0 aliphatic carbocycles. The first-order valence-electron chi connectivity index (χ1n) is 7.83. The van der Waals surface area contributed by atoms with Crippen molar-refractivity contribution in [1.29, 1.82) is 0 Å². The van der Waals surface area contributed by atoms with Crippen molar-refractivity contribution in [2.75, 3.05) is 20.8 Å². The number of carbonyl (C=O) groups is 3. The smallest absolute Gasteiger partial charge is 0.336 e. The first-order valence-corrected chi connectivity index (χ1v) is 8.78. The van der Waals surface area contributed by atoms with Crippen LogP contribution in [0.4, 0.5) is 0 Å². The molecule has 0 spiro atoms. The summed E-state index contributed by atoms with van der Waals surface area (Å²) in [5, 5.41) is 3.91. The summed E-state index contributed by atoms with van der Waals surface area (Å²) in [5.74, 6) is -0.468. The summed E-state index contributed by atoms with van der Waals surface area (Å²) in [7, 11) is 2.67. The van der Waals surface area contributed by atoms with Crippen molar-refractivity contribution in [2.24, 2.45) is 0 Å². The lowest BCUT2D eigenvalue weighted by Crippen LogP contribution is -2.74. The van der Waals surface area contributed by atoms with Gasteiger partial charge < -0.3 is 24.4 Å². The van der Waals surface area contributed by atoms with Crippen molar-refractivity contribution in [2.45, 2.75) is 17.5 Å². The molecule has 8 nitrogen and oxygen atoms in total. The fraction of sp³-hybridized carbons (Fsp3) is 0.353. The molecule has 1 fully saturated rings. The van der Waals surface area contributed by atoms with E-state index in [0.29, 0.717) is 11.5 Å². The number of nitrogens with zero attached hydrogens (tertiary/aromatic N) is 1. The van der Waals surface area contributed by atoms with Crippen molar-refractivity contribution in [3.05, 3.63) is 41.5 Å². The normalized spacial score (nSPS) is 23.9. The van der Waals surface area contributed by atoms with Gasteiger partial charge in [-0.25, -0.2) is 4.79 Å². The van der Waals surface area contributed by atoms with E-state index >= 15 is 0 Å². The fourth-order valence-electron chi connectivity index (χ4n) is 2.76. The second-order valence-corrected chi connectivity index (χ2v) is 6.56. The predicted molar refractivity (Wildman–Crippen MR) is 93.0 cm³/mol. The maximum absolute atomic E-state index is 12.5. The number of rotatable bonds is 6. The maximum atomic E-state index is 12.5. The Hall–Kier alpha value is -2.68. The van der Waals surface area contributed by atoms with Gasteiger partial charge in [-0.3, -0.25) is 9.59 Å². The molecule has 0 aromatic heterocycles. The minimum Gasteiger partial charge on any atom is -0.498 e. The van der Waals surface area contributed by atoms with Gasteiger partial charge in [0.15, 0.2) is 12.6 Å². The SMILES string of the molecule is COC(=O)[C@H]1C(OC)=CS[C@@H]2[C@H](NC(=O)COc3ccccc3)C(=O)N12. The van der Waals surface area contributed by atoms with Gasteiger partial charge in [0.2, 0.25) is 5.91 Å². The largest absolute Gasteiger partial charge is 0.498 e. The number of amides is 2. The van der Waals surface area contributed by atoms with Gasteiger partial charge in [-0.1, -0.05) is 18.2 Å². The average Bonchev–Trinajstić information content (AvgIpc) is 2.69. The highest BCUT2D eigenvalue weighted by atomic mass is 32.2. The lowest BCUT2D eigenvalue weighted by atomic mass is 10.0. The highest BCUT2D eigenvalue weighted by Crippen LogP contribution is 2.40. The van der Waals surface area contributed by atoms with Gasteiger partial charge in [0.05, 0.1) is 14.2 Å². The molecular formula is C17H18N2O6S. The van der Waals surface area contributed by atoms with E-state index in [-0.39, 0.29) is 12.5 Å². The number of nitrogens with one attached hydrogen (secondary N) is 1. The van der Waals surface area contributed by atoms with Crippen LogP contribution in [-0.2, 0) is 23.9 Å². The summed E-state index contributed by atoms with van der Waals surface area (Å²) in [6.45, 7) is -0.204. The quantitative estimate of drug-likeness (QED) is 0.569. The average molecular weight is 378 g/mol. The molecule has 26 heavy (non-hydrogen) atoms. The Labute approximate surface area is 154 Å². The van der Waals surface area contributed by atoms with Crippen LogP contribution >= 0.6 is 11.8 Å². The Balaban J connectivity index is 1.61. The number of β-lactam (4-membered cyclic amide) rings is 1. The molecule has 1 aromatic rings. The summed E-state index contributed by atoms with van der Waals surface area (Å²) < 4.78 is 15.3. The number of hydrogen-bond donors (Lipinski definition) is 1. The van der Waals surface area contributed by atoms with E-state index in [0.717, 1.165) is 0 Å². The number of hydrogen-bond acceptors (Lipinski definition) is 7. The van der Waals surface area contributed by atoms with E-state index in [2.05, 4.69) is 5.32 Å². The Morgan fingerprint density at radius 2 is 1.96 bits per heavy atom. The van der Waals surface area contributed by atoms with Crippen molar-refractivity contribution in [1.82, 2.24) is 10.2 Å². The number of benzene rings is 1. The molecule has 2 heterocycles. The van der Waals surface area contributed by atoms with E-state index in [1.165, 1.54) is 30.9 Å². The Morgan fingerprint density at radius 1 is 1.23 bits per heavy atom. The monoisotopic (exact) mass is 378 g/mol. The molecule has 2 aliphatic rings. The number of fused-ring (bicyclic) bond motifs is 1. The van der Waals surface area contributed by atoms with Crippen molar-refractivity contribution in [3.63, 3.8) is 0 Å². The number of para-hydroxylation sites is 1. The summed E-state index contributed by atoms with van der Waals surface area (Å²) in [6, 6.07) is 7.25. The zero-order valence-electron chi connectivity index (χ0n) is 14.2. The molecule has 138 valence electrons. The van der Waals surface area contributed by atoms with Crippen LogP contribution in [-0.4, -0.2) is 61.0 Å². The number of methoxy groups -OCH3 is 2. The summed E-state index contributed by atoms with van der Waals surface area (Å²) in [4.78, 5) is 37.9. The molecule has 2 aliphatic heterocycles. The summed E-state index contributed by atoms with van der Waals surface area (Å²) >= 11 is 1.30. The Morgan fingerprint density at radius 3 is 2.62 bits per heavy atom. The molecule has 0 radical (unpaired) electrons. The van der Waals surface area contributed by atoms with Crippen LogP contribution < -0.4 is 10.1 Å². The second-order valence-electron chi connectivity index (χ2n) is 5.57. The lowest BCUT2D eigenvalue weighted by molar-refractivity contribution is -0.163. The predicted octanol–water partition coefficient (Wildman–Crippen LogP) is 0.495. The molecule has 1 aromatic carbocycles. The Bertz CT molecular complexity index is 738. The molecule has 9 heteroatoms. The topological polar surface area (TPSA) is 94.2 Å². The van der Waals surface area contributed by atoms with Crippen LogP contribution in [0.3, 0.4) is 0 Å². The third-order valence-corrected chi connectivity index (χ3v) is 5.19. The van der Waals surface area contributed by atoms with Gasteiger partial charge >= 0.3 is 5.97 Å². The molecular weight excluding hydrogens is 360 g/mol. The van der Waals surface area contributed by atoms with Crippen molar-refractivity contribution in [3.8, 4) is 5.75 Å². The first-order chi connectivity index (χ1) is 12.6.